The molecule has 0 spiro atoms. The number of rotatable bonds is 0. The van der Waals surface area contributed by atoms with E-state index in [0.29, 0.717) is 12.8 Å². The van der Waals surface area contributed by atoms with Gasteiger partial charge in [0.05, 0.1) is 18.9 Å². The van der Waals surface area contributed by atoms with E-state index in [9.17, 15) is 14.4 Å². The minimum atomic E-state index is -0.898. The Bertz CT molecular complexity index is 445. The summed E-state index contributed by atoms with van der Waals surface area (Å²) in [5, 5.41) is 0. The van der Waals surface area contributed by atoms with E-state index in [-0.39, 0.29) is 31.1 Å². The largest absolute Gasteiger partial charge is 0.462 e. The van der Waals surface area contributed by atoms with Crippen molar-refractivity contribution in [2.45, 2.75) is 76.8 Å². The number of cyclic esters (lactones) is 2. The highest BCUT2D eigenvalue weighted by atomic mass is 16.6. The van der Waals surface area contributed by atoms with Gasteiger partial charge >= 0.3 is 11.9 Å². The van der Waals surface area contributed by atoms with Crippen LogP contribution >= 0.6 is 0 Å². The fraction of sp³-hybridized carbons (Fsp3) is 0.800. The summed E-state index contributed by atoms with van der Waals surface area (Å²) < 4.78 is 16.1. The van der Waals surface area contributed by atoms with Gasteiger partial charge in [-0.15, -0.1) is 0 Å². The van der Waals surface area contributed by atoms with Crippen LogP contribution in [0.4, 0.5) is 0 Å². The lowest BCUT2D eigenvalue weighted by Crippen LogP contribution is -2.38. The number of Topliss-reactive ketones (excluding diaryl/α,β-unsaturated/α-hetero) is 1. The van der Waals surface area contributed by atoms with Crippen molar-refractivity contribution in [1.29, 1.82) is 0 Å². The number of esters is 2. The molecule has 0 aromatic heterocycles. The van der Waals surface area contributed by atoms with Gasteiger partial charge in [-0.2, -0.15) is 0 Å². The van der Waals surface area contributed by atoms with Crippen LogP contribution < -0.4 is 0 Å². The van der Waals surface area contributed by atoms with E-state index in [0.717, 1.165) is 0 Å². The zero-order chi connectivity index (χ0) is 15.6. The Balaban J connectivity index is 2.14. The molecule has 0 radical (unpaired) electrons. The second-order valence-corrected chi connectivity index (χ2v) is 6.15. The topological polar surface area (TPSA) is 78.9 Å². The van der Waals surface area contributed by atoms with Gasteiger partial charge in [-0.25, -0.2) is 0 Å². The first-order valence-electron chi connectivity index (χ1n) is 7.38. The van der Waals surface area contributed by atoms with Crippen LogP contribution in [0.1, 0.15) is 52.9 Å². The van der Waals surface area contributed by atoms with Crippen molar-refractivity contribution < 1.29 is 28.6 Å². The van der Waals surface area contributed by atoms with Crippen LogP contribution in [-0.4, -0.2) is 41.6 Å². The Hall–Kier alpha value is -1.43. The molecule has 2 bridgehead atoms. The number of carbonyl (C=O) groups is 3. The molecule has 0 N–H and O–H groups in total. The summed E-state index contributed by atoms with van der Waals surface area (Å²) in [6.07, 6.45) is 0.101. The van der Waals surface area contributed by atoms with Crippen molar-refractivity contribution in [1.82, 2.24) is 0 Å². The third-order valence-corrected chi connectivity index (χ3v) is 3.95. The summed E-state index contributed by atoms with van der Waals surface area (Å²) in [7, 11) is 0. The first kappa shape index (κ1) is 15.9. The van der Waals surface area contributed by atoms with E-state index < -0.39 is 29.7 Å². The van der Waals surface area contributed by atoms with Gasteiger partial charge in [0, 0.05) is 6.42 Å². The zero-order valence-corrected chi connectivity index (χ0v) is 12.7. The van der Waals surface area contributed by atoms with Crippen LogP contribution in [0.25, 0.3) is 0 Å². The zero-order valence-electron chi connectivity index (χ0n) is 12.7. The lowest BCUT2D eigenvalue weighted by Gasteiger charge is -2.24. The Kier molecular flexibility index (Phi) is 4.66. The molecule has 2 saturated heterocycles. The average Bonchev–Trinajstić information content (AvgIpc) is 2.69. The lowest BCUT2D eigenvalue weighted by atomic mass is 9.93. The van der Waals surface area contributed by atoms with Crippen molar-refractivity contribution in [3.8, 4) is 0 Å². The smallest absolute Gasteiger partial charge is 0.309 e. The predicted octanol–water partition coefficient (Wildman–Crippen LogP) is 1.54. The normalized spacial score (nSPS) is 38.8. The third-order valence-electron chi connectivity index (χ3n) is 3.95. The van der Waals surface area contributed by atoms with E-state index >= 15 is 0 Å². The molecule has 6 heteroatoms. The number of hydrogen-bond acceptors (Lipinski definition) is 6. The molecule has 0 amide bonds. The van der Waals surface area contributed by atoms with Gasteiger partial charge in [0.25, 0.3) is 0 Å². The van der Waals surface area contributed by atoms with E-state index in [1.807, 2.05) is 0 Å². The number of fused-ring (bicyclic) bond motifs is 2. The molecule has 1 unspecified atom stereocenters. The second kappa shape index (κ2) is 6.13. The molecule has 0 aliphatic carbocycles. The highest BCUT2D eigenvalue weighted by Crippen LogP contribution is 2.34. The summed E-state index contributed by atoms with van der Waals surface area (Å²) in [6.45, 7) is 5.06. The van der Waals surface area contributed by atoms with Crippen LogP contribution in [0.3, 0.4) is 0 Å². The Labute approximate surface area is 124 Å². The van der Waals surface area contributed by atoms with Crippen molar-refractivity contribution in [3.05, 3.63) is 0 Å². The predicted molar refractivity (Wildman–Crippen MR) is 72.5 cm³/mol. The van der Waals surface area contributed by atoms with Gasteiger partial charge in [-0.05, 0) is 33.6 Å². The fourth-order valence-electron chi connectivity index (χ4n) is 2.80. The third kappa shape index (κ3) is 4.03. The SMILES string of the molecule is C[C@@H]1CC(=O)O[C@H](C)CC(=O)C2(C)CC[C@H](CC(=O)O1)O2. The van der Waals surface area contributed by atoms with Crippen molar-refractivity contribution in [3.63, 3.8) is 0 Å². The Morgan fingerprint density at radius 1 is 0.952 bits per heavy atom. The molecule has 6 nitrogen and oxygen atoms in total. The Morgan fingerprint density at radius 2 is 1.52 bits per heavy atom. The summed E-state index contributed by atoms with van der Waals surface area (Å²) in [5.41, 5.74) is -0.898. The van der Waals surface area contributed by atoms with Gasteiger partial charge in [0.15, 0.2) is 5.78 Å². The van der Waals surface area contributed by atoms with Crippen LogP contribution in [-0.2, 0) is 28.6 Å². The van der Waals surface area contributed by atoms with E-state index in [1.165, 1.54) is 0 Å². The highest BCUT2D eigenvalue weighted by Gasteiger charge is 2.43. The maximum absolute atomic E-state index is 12.3. The summed E-state index contributed by atoms with van der Waals surface area (Å²) in [4.78, 5) is 35.8. The van der Waals surface area contributed by atoms with Gasteiger partial charge < -0.3 is 14.2 Å². The number of ketones is 1. The number of ether oxygens (including phenoxy) is 3. The number of carbonyl (C=O) groups excluding carboxylic acids is 3. The quantitative estimate of drug-likeness (QED) is 0.631. The summed E-state index contributed by atoms with van der Waals surface area (Å²) >= 11 is 0. The highest BCUT2D eigenvalue weighted by molar-refractivity contribution is 5.88. The molecule has 0 aromatic carbocycles. The molecule has 2 rings (SSSR count). The molecular formula is C15H22O6. The standard InChI is InChI=1S/C15H22O6/c1-9-6-12(16)15(3)5-4-11(21-15)8-14(18)20-10(2)7-13(17)19-9/h9-11H,4-8H2,1-3H3/t9-,10-,11-,15?/m1/s1. The molecule has 118 valence electrons. The average molecular weight is 298 g/mol. The first-order chi connectivity index (χ1) is 9.78. The molecule has 2 aliphatic heterocycles. The van der Waals surface area contributed by atoms with Crippen molar-refractivity contribution >= 4 is 17.7 Å². The maximum Gasteiger partial charge on any atom is 0.309 e. The summed E-state index contributed by atoms with van der Waals surface area (Å²) in [5.74, 6) is -0.971. The van der Waals surface area contributed by atoms with E-state index in [1.54, 1.807) is 20.8 Å². The minimum absolute atomic E-state index is 0.00688. The molecule has 4 atom stereocenters. The molecule has 2 fully saturated rings. The van der Waals surface area contributed by atoms with Crippen LogP contribution in [0.2, 0.25) is 0 Å². The molecule has 21 heavy (non-hydrogen) atoms. The number of hydrogen-bond donors (Lipinski definition) is 0. The van der Waals surface area contributed by atoms with Gasteiger partial charge in [0.1, 0.15) is 17.8 Å². The lowest BCUT2D eigenvalue weighted by molar-refractivity contribution is -0.157. The molecule has 2 heterocycles. The van der Waals surface area contributed by atoms with E-state index in [2.05, 4.69) is 0 Å². The van der Waals surface area contributed by atoms with Gasteiger partial charge in [-0.1, -0.05) is 0 Å². The molecular weight excluding hydrogens is 276 g/mol. The minimum Gasteiger partial charge on any atom is -0.462 e. The monoisotopic (exact) mass is 298 g/mol. The van der Waals surface area contributed by atoms with Gasteiger partial charge in [-0.3, -0.25) is 14.4 Å². The van der Waals surface area contributed by atoms with E-state index in [4.69, 9.17) is 14.2 Å². The van der Waals surface area contributed by atoms with Gasteiger partial charge in [0.2, 0.25) is 0 Å². The maximum atomic E-state index is 12.3. The Morgan fingerprint density at radius 3 is 2.19 bits per heavy atom. The molecule has 0 saturated carbocycles. The summed E-state index contributed by atoms with van der Waals surface area (Å²) in [6, 6.07) is 0. The van der Waals surface area contributed by atoms with Crippen molar-refractivity contribution in [2.24, 2.45) is 0 Å². The molecule has 2 aliphatic rings. The molecule has 0 aromatic rings. The van der Waals surface area contributed by atoms with Crippen LogP contribution in [0.15, 0.2) is 0 Å². The fourth-order valence-corrected chi connectivity index (χ4v) is 2.80. The van der Waals surface area contributed by atoms with Crippen molar-refractivity contribution in [2.75, 3.05) is 0 Å². The van der Waals surface area contributed by atoms with Crippen LogP contribution in [0.5, 0.6) is 0 Å². The van der Waals surface area contributed by atoms with Crippen LogP contribution in [0, 0.1) is 0 Å². The first-order valence-corrected chi connectivity index (χ1v) is 7.38. The second-order valence-electron chi connectivity index (χ2n) is 6.15.